The van der Waals surface area contributed by atoms with Gasteiger partial charge in [-0.2, -0.15) is 0 Å². The summed E-state index contributed by atoms with van der Waals surface area (Å²) in [6.07, 6.45) is 9.44. The predicted octanol–water partition coefficient (Wildman–Crippen LogP) is 2.73. The average molecular weight is 474 g/mol. The molecule has 1 saturated carbocycles. The monoisotopic (exact) mass is 473 g/mol. The van der Waals surface area contributed by atoms with E-state index in [1.54, 1.807) is 12.4 Å². The molecule has 1 aromatic carbocycles. The SMILES string of the molecule is O=C(Cc1ccncc1)N1CCCCN2[C@H](C1)[C@@H](c1ccc(C#CC3(O)CCCC3)cc1)[C@@H]2CO. The Morgan fingerprint density at radius 1 is 1.03 bits per heavy atom. The molecule has 1 amide bonds. The second kappa shape index (κ2) is 10.5. The van der Waals surface area contributed by atoms with E-state index < -0.39 is 5.60 Å². The molecule has 0 spiro atoms. The fourth-order valence-corrected chi connectivity index (χ4v) is 6.02. The predicted molar refractivity (Wildman–Crippen MR) is 135 cm³/mol. The van der Waals surface area contributed by atoms with Gasteiger partial charge in [0, 0.05) is 49.0 Å². The number of aromatic nitrogens is 1. The maximum Gasteiger partial charge on any atom is 0.227 e. The van der Waals surface area contributed by atoms with Gasteiger partial charge in [0.2, 0.25) is 5.91 Å². The van der Waals surface area contributed by atoms with Gasteiger partial charge in [-0.3, -0.25) is 14.7 Å². The van der Waals surface area contributed by atoms with Gasteiger partial charge in [0.15, 0.2) is 0 Å². The summed E-state index contributed by atoms with van der Waals surface area (Å²) in [7, 11) is 0. The molecule has 0 bridgehead atoms. The summed E-state index contributed by atoms with van der Waals surface area (Å²) < 4.78 is 0. The quantitative estimate of drug-likeness (QED) is 0.668. The average Bonchev–Trinajstić information content (AvgIpc) is 3.30. The van der Waals surface area contributed by atoms with E-state index in [9.17, 15) is 15.0 Å². The van der Waals surface area contributed by atoms with Crippen molar-refractivity contribution in [3.8, 4) is 11.8 Å². The molecule has 3 aliphatic rings. The number of amides is 1. The van der Waals surface area contributed by atoms with E-state index in [0.717, 1.165) is 62.7 Å². The highest BCUT2D eigenvalue weighted by molar-refractivity contribution is 5.78. The van der Waals surface area contributed by atoms with Gasteiger partial charge >= 0.3 is 0 Å². The van der Waals surface area contributed by atoms with Crippen LogP contribution in [-0.2, 0) is 11.2 Å². The van der Waals surface area contributed by atoms with Crippen LogP contribution in [-0.4, -0.2) is 74.8 Å². The van der Waals surface area contributed by atoms with Crippen LogP contribution in [0, 0.1) is 11.8 Å². The molecule has 35 heavy (non-hydrogen) atoms. The summed E-state index contributed by atoms with van der Waals surface area (Å²) in [6.45, 7) is 2.53. The largest absolute Gasteiger partial charge is 0.395 e. The van der Waals surface area contributed by atoms with Crippen molar-refractivity contribution in [3.63, 3.8) is 0 Å². The first-order chi connectivity index (χ1) is 17.1. The molecule has 3 fully saturated rings. The molecular weight excluding hydrogens is 438 g/mol. The minimum atomic E-state index is -0.833. The molecule has 2 aromatic rings. The Hall–Kier alpha value is -2.72. The third kappa shape index (κ3) is 5.28. The van der Waals surface area contributed by atoms with Crippen LogP contribution in [0.2, 0.25) is 0 Å². The maximum absolute atomic E-state index is 13.2. The molecule has 0 unspecified atom stereocenters. The van der Waals surface area contributed by atoms with Gasteiger partial charge in [0.1, 0.15) is 5.60 Å². The fourth-order valence-electron chi connectivity index (χ4n) is 6.02. The molecule has 2 N–H and O–H groups in total. The lowest BCUT2D eigenvalue weighted by Gasteiger charge is -2.57. The Balaban J connectivity index is 1.31. The summed E-state index contributed by atoms with van der Waals surface area (Å²) in [6, 6.07) is 12.3. The highest BCUT2D eigenvalue weighted by Crippen LogP contribution is 2.42. The molecule has 6 nitrogen and oxygen atoms in total. The lowest BCUT2D eigenvalue weighted by atomic mass is 9.74. The molecule has 2 aliphatic heterocycles. The van der Waals surface area contributed by atoms with Crippen molar-refractivity contribution >= 4 is 5.91 Å². The number of hydrogen-bond acceptors (Lipinski definition) is 5. The van der Waals surface area contributed by atoms with Crippen LogP contribution in [0.15, 0.2) is 48.8 Å². The summed E-state index contributed by atoms with van der Waals surface area (Å²) in [5.74, 6) is 6.56. The van der Waals surface area contributed by atoms with Gasteiger partial charge in [-0.15, -0.1) is 0 Å². The Morgan fingerprint density at radius 3 is 2.46 bits per heavy atom. The number of aliphatic hydroxyl groups is 2. The van der Waals surface area contributed by atoms with E-state index in [0.29, 0.717) is 13.0 Å². The van der Waals surface area contributed by atoms with Crippen molar-refractivity contribution in [3.05, 3.63) is 65.5 Å². The van der Waals surface area contributed by atoms with E-state index in [4.69, 9.17) is 0 Å². The van der Waals surface area contributed by atoms with E-state index in [2.05, 4.69) is 33.9 Å². The molecular formula is C29H35N3O3. The first-order valence-corrected chi connectivity index (χ1v) is 13.0. The first kappa shape index (κ1) is 24.0. The number of carbonyl (C=O) groups excluding carboxylic acids is 1. The third-order valence-electron chi connectivity index (χ3n) is 7.99. The lowest BCUT2D eigenvalue weighted by Crippen LogP contribution is -2.68. The van der Waals surface area contributed by atoms with Gasteiger partial charge in [0.05, 0.1) is 13.0 Å². The third-order valence-corrected chi connectivity index (χ3v) is 7.99. The molecule has 5 rings (SSSR count). The summed E-state index contributed by atoms with van der Waals surface area (Å²) in [4.78, 5) is 21.6. The lowest BCUT2D eigenvalue weighted by molar-refractivity contribution is -0.135. The van der Waals surface area contributed by atoms with Crippen LogP contribution in [0.1, 0.15) is 61.1 Å². The Labute approximate surface area is 208 Å². The van der Waals surface area contributed by atoms with Gasteiger partial charge < -0.3 is 15.1 Å². The normalized spacial score (nSPS) is 26.0. The highest BCUT2D eigenvalue weighted by Gasteiger charge is 2.49. The number of benzene rings is 1. The zero-order chi connectivity index (χ0) is 24.3. The first-order valence-electron chi connectivity index (χ1n) is 13.0. The van der Waals surface area contributed by atoms with Crippen LogP contribution in [0.25, 0.3) is 0 Å². The van der Waals surface area contributed by atoms with Gasteiger partial charge in [0.25, 0.3) is 0 Å². The zero-order valence-corrected chi connectivity index (χ0v) is 20.3. The van der Waals surface area contributed by atoms with Crippen molar-refractivity contribution in [1.82, 2.24) is 14.8 Å². The van der Waals surface area contributed by atoms with Gasteiger partial charge in [-0.1, -0.05) is 24.0 Å². The van der Waals surface area contributed by atoms with Crippen molar-refractivity contribution in [2.24, 2.45) is 0 Å². The number of aliphatic hydroxyl groups excluding tert-OH is 1. The second-order valence-corrected chi connectivity index (χ2v) is 10.3. The minimum Gasteiger partial charge on any atom is -0.395 e. The molecule has 0 radical (unpaired) electrons. The Kier molecular flexibility index (Phi) is 7.19. The van der Waals surface area contributed by atoms with Crippen LogP contribution in [0.4, 0.5) is 0 Å². The Bertz CT molecular complexity index is 1070. The van der Waals surface area contributed by atoms with Crippen molar-refractivity contribution < 1.29 is 15.0 Å². The van der Waals surface area contributed by atoms with Crippen LogP contribution < -0.4 is 0 Å². The van der Waals surface area contributed by atoms with Gasteiger partial charge in [-0.25, -0.2) is 0 Å². The number of pyridine rings is 1. The summed E-state index contributed by atoms with van der Waals surface area (Å²) in [5.41, 5.74) is 2.23. The summed E-state index contributed by atoms with van der Waals surface area (Å²) >= 11 is 0. The number of fused-ring (bicyclic) bond motifs is 1. The molecule has 2 saturated heterocycles. The van der Waals surface area contributed by atoms with E-state index in [-0.39, 0.29) is 30.5 Å². The molecule has 3 atom stereocenters. The molecule has 6 heteroatoms. The van der Waals surface area contributed by atoms with Crippen molar-refractivity contribution in [1.29, 1.82) is 0 Å². The standard InChI is InChI=1S/C29H35N3O3/c33-21-26-28(24-7-5-22(6-8-24)9-14-29(35)12-1-2-13-29)25-20-31(17-3-4-18-32(25)26)27(34)19-23-10-15-30-16-11-23/h5-8,10-11,15-16,25-26,28,33,35H,1-4,12-13,17-21H2/t25-,26+,28-/m1/s1. The van der Waals surface area contributed by atoms with E-state index >= 15 is 0 Å². The maximum atomic E-state index is 13.2. The number of nitrogens with zero attached hydrogens (tertiary/aromatic N) is 3. The zero-order valence-electron chi connectivity index (χ0n) is 20.3. The second-order valence-electron chi connectivity index (χ2n) is 10.3. The van der Waals surface area contributed by atoms with Crippen LogP contribution >= 0.6 is 0 Å². The van der Waals surface area contributed by atoms with Gasteiger partial charge in [-0.05, 0) is 80.5 Å². The van der Waals surface area contributed by atoms with Crippen LogP contribution in [0.3, 0.4) is 0 Å². The number of rotatable bonds is 4. The molecule has 1 aromatic heterocycles. The molecule has 1 aliphatic carbocycles. The fraction of sp³-hybridized carbons (Fsp3) is 0.517. The van der Waals surface area contributed by atoms with E-state index in [1.807, 2.05) is 29.2 Å². The van der Waals surface area contributed by atoms with Crippen molar-refractivity contribution in [2.45, 2.75) is 68.5 Å². The number of carbonyl (C=O) groups is 1. The van der Waals surface area contributed by atoms with E-state index in [1.165, 1.54) is 5.56 Å². The Morgan fingerprint density at radius 2 is 1.74 bits per heavy atom. The smallest absolute Gasteiger partial charge is 0.227 e. The van der Waals surface area contributed by atoms with Crippen molar-refractivity contribution in [2.75, 3.05) is 26.2 Å². The minimum absolute atomic E-state index is 0.0754. The molecule has 184 valence electrons. The topological polar surface area (TPSA) is 76.9 Å². The number of hydrogen-bond donors (Lipinski definition) is 2. The summed E-state index contributed by atoms with van der Waals surface area (Å²) in [5, 5.41) is 20.7. The molecule has 3 heterocycles. The highest BCUT2D eigenvalue weighted by atomic mass is 16.3. The van der Waals surface area contributed by atoms with Crippen LogP contribution in [0.5, 0.6) is 0 Å².